The first-order valence-corrected chi connectivity index (χ1v) is 4.68. The van der Waals surface area contributed by atoms with Crippen molar-refractivity contribution in [1.82, 2.24) is 10.3 Å². The second-order valence-electron chi connectivity index (χ2n) is 2.58. The second kappa shape index (κ2) is 4.54. The molecule has 12 heavy (non-hydrogen) atoms. The number of hydrogen-bond acceptors (Lipinski definition) is 4. The van der Waals surface area contributed by atoms with Crippen LogP contribution in [0.5, 0.6) is 0 Å². The molecule has 3 nitrogen and oxygen atoms in total. The summed E-state index contributed by atoms with van der Waals surface area (Å²) >= 11 is 1.71. The summed E-state index contributed by atoms with van der Waals surface area (Å²) in [5.74, 6) is 0. The number of aryl methyl sites for hydroxylation is 1. The Bertz CT molecular complexity index is 247. The first kappa shape index (κ1) is 9.64. The summed E-state index contributed by atoms with van der Waals surface area (Å²) in [6.07, 6.45) is 0. The Hall–Kier alpha value is -0.450. The Balaban J connectivity index is 2.70. The number of ether oxygens (including phenoxy) is 1. The molecule has 0 unspecified atom stereocenters. The van der Waals surface area contributed by atoms with E-state index in [1.165, 1.54) is 4.88 Å². The molecule has 0 radical (unpaired) electrons. The summed E-state index contributed by atoms with van der Waals surface area (Å²) in [5, 5.41) is 4.20. The quantitative estimate of drug-likeness (QED) is 0.770. The van der Waals surface area contributed by atoms with Crippen molar-refractivity contribution in [1.29, 1.82) is 0 Å². The molecule has 1 aromatic heterocycles. The van der Waals surface area contributed by atoms with Crippen molar-refractivity contribution < 1.29 is 4.74 Å². The predicted molar refractivity (Wildman–Crippen MR) is 50.3 cm³/mol. The number of nitrogens with zero attached hydrogens (tertiary/aromatic N) is 1. The van der Waals surface area contributed by atoms with E-state index in [4.69, 9.17) is 4.74 Å². The van der Waals surface area contributed by atoms with Crippen molar-refractivity contribution in [2.24, 2.45) is 0 Å². The van der Waals surface area contributed by atoms with Gasteiger partial charge in [0.1, 0.15) is 5.01 Å². The van der Waals surface area contributed by atoms with E-state index in [2.05, 4.69) is 10.3 Å². The van der Waals surface area contributed by atoms with E-state index in [0.717, 1.165) is 17.2 Å². The minimum absolute atomic E-state index is 0.674. The molecule has 1 aromatic rings. The fraction of sp³-hybridized carbons (Fsp3) is 0.625. The molecule has 0 saturated heterocycles. The molecule has 1 heterocycles. The van der Waals surface area contributed by atoms with Gasteiger partial charge in [-0.1, -0.05) is 0 Å². The second-order valence-corrected chi connectivity index (χ2v) is 3.75. The van der Waals surface area contributed by atoms with Crippen molar-refractivity contribution in [3.63, 3.8) is 0 Å². The van der Waals surface area contributed by atoms with Crippen LogP contribution in [0.2, 0.25) is 0 Å². The number of rotatable bonds is 4. The Morgan fingerprint density at radius 3 is 2.92 bits per heavy atom. The number of nitrogens with one attached hydrogen (secondary N) is 1. The molecule has 0 bridgehead atoms. The van der Waals surface area contributed by atoms with Crippen LogP contribution in [0.15, 0.2) is 0 Å². The Kier molecular flexibility index (Phi) is 3.65. The first-order valence-electron chi connectivity index (χ1n) is 3.86. The number of aromatic nitrogens is 1. The van der Waals surface area contributed by atoms with Gasteiger partial charge >= 0.3 is 0 Å². The first-order chi connectivity index (χ1) is 5.77. The predicted octanol–water partition coefficient (Wildman–Crippen LogP) is 1.32. The molecule has 0 spiro atoms. The molecule has 0 aliphatic rings. The zero-order chi connectivity index (χ0) is 8.97. The average Bonchev–Trinajstić information content (AvgIpc) is 2.34. The van der Waals surface area contributed by atoms with Crippen molar-refractivity contribution in [2.75, 3.05) is 14.2 Å². The van der Waals surface area contributed by atoms with Crippen LogP contribution < -0.4 is 5.32 Å². The molecule has 0 aliphatic heterocycles. The van der Waals surface area contributed by atoms with Crippen molar-refractivity contribution in [3.8, 4) is 0 Å². The number of hydrogen-bond donors (Lipinski definition) is 1. The van der Waals surface area contributed by atoms with Crippen molar-refractivity contribution in [2.45, 2.75) is 20.1 Å². The normalized spacial score (nSPS) is 10.6. The molecular weight excluding hydrogens is 172 g/mol. The summed E-state index contributed by atoms with van der Waals surface area (Å²) in [7, 11) is 3.63. The highest BCUT2D eigenvalue weighted by Crippen LogP contribution is 2.18. The average molecular weight is 186 g/mol. The highest BCUT2D eigenvalue weighted by molar-refractivity contribution is 7.11. The molecule has 0 atom stereocenters. The van der Waals surface area contributed by atoms with Gasteiger partial charge in [0.05, 0.1) is 17.2 Å². The summed E-state index contributed by atoms with van der Waals surface area (Å²) < 4.78 is 5.05. The molecule has 68 valence electrons. The number of thiazole rings is 1. The molecule has 0 aromatic carbocycles. The van der Waals surface area contributed by atoms with Crippen LogP contribution >= 0.6 is 11.3 Å². The van der Waals surface area contributed by atoms with Gasteiger partial charge in [-0.2, -0.15) is 0 Å². The molecule has 1 rings (SSSR count). The maximum absolute atomic E-state index is 5.05. The van der Waals surface area contributed by atoms with Crippen LogP contribution in [-0.2, 0) is 17.9 Å². The standard InChI is InChI=1S/C8H14N2OS/c1-6-7(5-11-3)12-8(10-6)4-9-2/h9H,4-5H2,1-3H3. The van der Waals surface area contributed by atoms with E-state index in [9.17, 15) is 0 Å². The molecule has 1 N–H and O–H groups in total. The maximum Gasteiger partial charge on any atom is 0.107 e. The van der Waals surface area contributed by atoms with E-state index in [1.807, 2.05) is 14.0 Å². The summed E-state index contributed by atoms with van der Waals surface area (Å²) in [5.41, 5.74) is 1.09. The molecule has 0 saturated carbocycles. The fourth-order valence-corrected chi connectivity index (χ4v) is 2.03. The molecular formula is C8H14N2OS. The van der Waals surface area contributed by atoms with Gasteiger partial charge in [-0.25, -0.2) is 4.98 Å². The molecule has 4 heteroatoms. The SMILES string of the molecule is CNCc1nc(C)c(COC)s1. The van der Waals surface area contributed by atoms with E-state index in [0.29, 0.717) is 6.61 Å². The topological polar surface area (TPSA) is 34.2 Å². The van der Waals surface area contributed by atoms with E-state index in [1.54, 1.807) is 18.4 Å². The van der Waals surface area contributed by atoms with Crippen LogP contribution in [0.1, 0.15) is 15.6 Å². The van der Waals surface area contributed by atoms with Crippen LogP contribution in [0.4, 0.5) is 0 Å². The summed E-state index contributed by atoms with van der Waals surface area (Å²) in [4.78, 5) is 5.62. The van der Waals surface area contributed by atoms with Gasteiger partial charge in [0.2, 0.25) is 0 Å². The van der Waals surface area contributed by atoms with Gasteiger partial charge in [-0.3, -0.25) is 0 Å². The van der Waals surface area contributed by atoms with Gasteiger partial charge in [0.15, 0.2) is 0 Å². The highest BCUT2D eigenvalue weighted by atomic mass is 32.1. The van der Waals surface area contributed by atoms with Gasteiger partial charge in [0.25, 0.3) is 0 Å². The Labute approximate surface area is 76.8 Å². The third kappa shape index (κ3) is 2.27. The van der Waals surface area contributed by atoms with Crippen LogP contribution in [0.3, 0.4) is 0 Å². The molecule has 0 amide bonds. The lowest BCUT2D eigenvalue weighted by Gasteiger charge is -1.93. The highest BCUT2D eigenvalue weighted by Gasteiger charge is 2.05. The minimum Gasteiger partial charge on any atom is -0.379 e. The van der Waals surface area contributed by atoms with Crippen LogP contribution in [0.25, 0.3) is 0 Å². The van der Waals surface area contributed by atoms with E-state index in [-0.39, 0.29) is 0 Å². The minimum atomic E-state index is 0.674. The molecule has 0 aliphatic carbocycles. The third-order valence-corrected chi connectivity index (χ3v) is 2.67. The lowest BCUT2D eigenvalue weighted by molar-refractivity contribution is 0.187. The Morgan fingerprint density at radius 2 is 2.33 bits per heavy atom. The monoisotopic (exact) mass is 186 g/mol. The third-order valence-electron chi connectivity index (χ3n) is 1.54. The van der Waals surface area contributed by atoms with E-state index < -0.39 is 0 Å². The largest absolute Gasteiger partial charge is 0.379 e. The van der Waals surface area contributed by atoms with Crippen LogP contribution in [0, 0.1) is 6.92 Å². The van der Waals surface area contributed by atoms with Crippen molar-refractivity contribution in [3.05, 3.63) is 15.6 Å². The summed E-state index contributed by atoms with van der Waals surface area (Å²) in [6, 6.07) is 0. The van der Waals surface area contributed by atoms with Gasteiger partial charge in [-0.05, 0) is 14.0 Å². The Morgan fingerprint density at radius 1 is 1.58 bits per heavy atom. The summed E-state index contributed by atoms with van der Waals surface area (Å²) in [6.45, 7) is 3.53. The maximum atomic E-state index is 5.05. The zero-order valence-corrected chi connectivity index (χ0v) is 8.49. The van der Waals surface area contributed by atoms with Gasteiger partial charge in [0, 0.05) is 13.7 Å². The van der Waals surface area contributed by atoms with E-state index >= 15 is 0 Å². The van der Waals surface area contributed by atoms with Gasteiger partial charge in [-0.15, -0.1) is 11.3 Å². The smallest absolute Gasteiger partial charge is 0.107 e. The lowest BCUT2D eigenvalue weighted by atomic mass is 10.4. The molecule has 0 fully saturated rings. The zero-order valence-electron chi connectivity index (χ0n) is 7.68. The van der Waals surface area contributed by atoms with Crippen LogP contribution in [-0.4, -0.2) is 19.1 Å². The fourth-order valence-electron chi connectivity index (χ4n) is 0.980. The van der Waals surface area contributed by atoms with Crippen molar-refractivity contribution >= 4 is 11.3 Å². The lowest BCUT2D eigenvalue weighted by Crippen LogP contribution is -2.04. The van der Waals surface area contributed by atoms with Gasteiger partial charge < -0.3 is 10.1 Å². The number of methoxy groups -OCH3 is 1.